The van der Waals surface area contributed by atoms with Gasteiger partial charge in [0.2, 0.25) is 0 Å². The summed E-state index contributed by atoms with van der Waals surface area (Å²) in [4.78, 5) is 4.43. The topological polar surface area (TPSA) is 77.8 Å². The summed E-state index contributed by atoms with van der Waals surface area (Å²) in [5, 5.41) is 23.0. The van der Waals surface area contributed by atoms with E-state index in [9.17, 15) is 0 Å². The molecule has 0 spiro atoms. The summed E-state index contributed by atoms with van der Waals surface area (Å²) < 4.78 is 1.53. The number of fused-ring (bicyclic) bond motifs is 1. The first-order valence-electron chi connectivity index (χ1n) is 5.97. The second kappa shape index (κ2) is 3.82. The first kappa shape index (κ1) is 10.7. The third kappa shape index (κ3) is 1.31. The molecule has 88 valence electrons. The molecule has 5 heteroatoms. The van der Waals surface area contributed by atoms with Crippen LogP contribution < -0.4 is 5.35 Å². The van der Waals surface area contributed by atoms with Gasteiger partial charge in [-0.1, -0.05) is 19.4 Å². The lowest BCUT2D eigenvalue weighted by atomic mass is 10.1. The van der Waals surface area contributed by atoms with Gasteiger partial charge in [-0.25, -0.2) is 9.50 Å². The van der Waals surface area contributed by atoms with Crippen molar-refractivity contribution < 1.29 is 0 Å². The molecule has 3 rings (SSSR count). The van der Waals surface area contributed by atoms with Gasteiger partial charge in [0.1, 0.15) is 17.7 Å². The Balaban J connectivity index is 2.23. The molecule has 0 unspecified atom stereocenters. The van der Waals surface area contributed by atoms with Gasteiger partial charge in [0.05, 0.1) is 10.9 Å². The van der Waals surface area contributed by atoms with E-state index in [0.717, 1.165) is 18.7 Å². The van der Waals surface area contributed by atoms with Crippen LogP contribution in [0.3, 0.4) is 0 Å². The van der Waals surface area contributed by atoms with Gasteiger partial charge in [-0.05, 0) is 12.8 Å². The maximum absolute atomic E-state index is 9.13. The Bertz CT molecular complexity index is 737. The van der Waals surface area contributed by atoms with Crippen LogP contribution in [-0.2, 0) is 0 Å². The molecular formula is C13H11N5. The van der Waals surface area contributed by atoms with Crippen molar-refractivity contribution >= 4 is 12.2 Å². The minimum atomic E-state index is 0.283. The lowest BCUT2D eigenvalue weighted by Gasteiger charge is -2.00. The number of hydrogen-bond acceptors (Lipinski definition) is 4. The summed E-state index contributed by atoms with van der Waals surface area (Å²) in [6.45, 7) is 3.81. The van der Waals surface area contributed by atoms with Crippen LogP contribution in [0.15, 0.2) is 0 Å². The number of nitrogens with zero attached hydrogens (tertiary/aromatic N) is 5. The number of hydrogen-bond donors (Lipinski definition) is 0. The lowest BCUT2D eigenvalue weighted by molar-refractivity contribution is 0.664. The Hall–Kier alpha value is -2.40. The van der Waals surface area contributed by atoms with E-state index in [-0.39, 0.29) is 5.56 Å². The fourth-order valence-electron chi connectivity index (χ4n) is 2.62. The molecule has 2 aromatic rings. The third-order valence-electron chi connectivity index (χ3n) is 3.59. The summed E-state index contributed by atoms with van der Waals surface area (Å²) >= 11 is 0. The standard InChI is InChI=1S/C13H11N5/c1-8-10(6-14)11(7-15)13-16-12(17-18(8)13)9-4-2-3-5-9/h9H,1-5H2. The molecule has 0 aromatic carbocycles. The fraction of sp³-hybridized carbons (Fsp3) is 0.385. The molecule has 2 heterocycles. The van der Waals surface area contributed by atoms with E-state index in [2.05, 4.69) is 16.7 Å². The highest BCUT2D eigenvalue weighted by Crippen LogP contribution is 2.32. The highest BCUT2D eigenvalue weighted by atomic mass is 15.3. The molecule has 5 nitrogen and oxygen atoms in total. The monoisotopic (exact) mass is 237 g/mol. The Labute approximate surface area is 104 Å². The fourth-order valence-corrected chi connectivity index (χ4v) is 2.62. The molecule has 2 aromatic heterocycles. The summed E-state index contributed by atoms with van der Waals surface area (Å²) in [5.41, 5.74) is 1.05. The summed E-state index contributed by atoms with van der Waals surface area (Å²) in [6.07, 6.45) is 4.62. The molecule has 1 aliphatic rings. The van der Waals surface area contributed by atoms with E-state index in [1.54, 1.807) is 0 Å². The van der Waals surface area contributed by atoms with Crippen molar-refractivity contribution in [2.45, 2.75) is 31.6 Å². The molecule has 0 N–H and O–H groups in total. The Kier molecular flexibility index (Phi) is 2.28. The van der Waals surface area contributed by atoms with Crippen molar-refractivity contribution in [2.75, 3.05) is 0 Å². The molecule has 1 saturated carbocycles. The van der Waals surface area contributed by atoms with Crippen LogP contribution in [0.5, 0.6) is 0 Å². The average Bonchev–Trinajstić information content (AvgIpc) is 3.04. The predicted molar refractivity (Wildman–Crippen MR) is 64.4 cm³/mol. The first-order valence-corrected chi connectivity index (χ1v) is 5.97. The minimum absolute atomic E-state index is 0.283. The predicted octanol–water partition coefficient (Wildman–Crippen LogP) is 1.26. The van der Waals surface area contributed by atoms with Crippen LogP contribution in [0.4, 0.5) is 0 Å². The second-order valence-electron chi connectivity index (χ2n) is 4.61. The van der Waals surface area contributed by atoms with Crippen molar-refractivity contribution in [1.29, 1.82) is 10.5 Å². The normalized spacial score (nSPS) is 15.9. The van der Waals surface area contributed by atoms with Gasteiger partial charge in [0.25, 0.3) is 0 Å². The van der Waals surface area contributed by atoms with Gasteiger partial charge in [0, 0.05) is 5.92 Å². The number of aromatic nitrogens is 3. The highest BCUT2D eigenvalue weighted by molar-refractivity contribution is 5.64. The van der Waals surface area contributed by atoms with Gasteiger partial charge in [-0.3, -0.25) is 0 Å². The molecule has 1 aliphatic carbocycles. The number of nitriles is 2. The maximum atomic E-state index is 9.13. The molecule has 0 saturated heterocycles. The lowest BCUT2D eigenvalue weighted by Crippen LogP contribution is -2.11. The van der Waals surface area contributed by atoms with E-state index in [1.807, 2.05) is 12.1 Å². The van der Waals surface area contributed by atoms with Crippen molar-refractivity contribution in [3.05, 3.63) is 22.3 Å². The maximum Gasteiger partial charge on any atom is 0.175 e. The molecule has 0 bridgehead atoms. The number of rotatable bonds is 1. The zero-order valence-corrected chi connectivity index (χ0v) is 9.85. The van der Waals surface area contributed by atoms with E-state index in [4.69, 9.17) is 10.5 Å². The summed E-state index contributed by atoms with van der Waals surface area (Å²) in [6, 6.07) is 4.02. The highest BCUT2D eigenvalue weighted by Gasteiger charge is 2.24. The molecule has 0 atom stereocenters. The molecule has 1 fully saturated rings. The quantitative estimate of drug-likeness (QED) is 0.748. The van der Waals surface area contributed by atoms with Gasteiger partial charge in [-0.2, -0.15) is 15.6 Å². The Morgan fingerprint density at radius 2 is 1.83 bits per heavy atom. The van der Waals surface area contributed by atoms with Crippen molar-refractivity contribution in [1.82, 2.24) is 14.6 Å². The van der Waals surface area contributed by atoms with E-state index >= 15 is 0 Å². The molecular weight excluding hydrogens is 226 g/mol. The van der Waals surface area contributed by atoms with Crippen molar-refractivity contribution in [3.8, 4) is 12.1 Å². The molecule has 0 radical (unpaired) electrons. The zero-order valence-electron chi connectivity index (χ0n) is 9.85. The molecule has 0 aliphatic heterocycles. The van der Waals surface area contributed by atoms with Crippen LogP contribution in [0.1, 0.15) is 48.6 Å². The van der Waals surface area contributed by atoms with Gasteiger partial charge < -0.3 is 0 Å². The smallest absolute Gasteiger partial charge is 0.175 e. The third-order valence-corrected chi connectivity index (χ3v) is 3.59. The van der Waals surface area contributed by atoms with Gasteiger partial charge in [0.15, 0.2) is 11.5 Å². The van der Waals surface area contributed by atoms with Crippen molar-refractivity contribution in [3.63, 3.8) is 0 Å². The SMILES string of the molecule is C=c1c(C#N)c(C#N)c2nc(C3CCCC3)nn12. The van der Waals surface area contributed by atoms with Crippen LogP contribution in [0, 0.1) is 22.7 Å². The molecule has 0 amide bonds. The van der Waals surface area contributed by atoms with E-state index in [1.165, 1.54) is 17.4 Å². The van der Waals surface area contributed by atoms with Crippen LogP contribution in [-0.4, -0.2) is 14.6 Å². The Morgan fingerprint density at radius 1 is 1.17 bits per heavy atom. The van der Waals surface area contributed by atoms with Crippen LogP contribution >= 0.6 is 0 Å². The minimum Gasteiger partial charge on any atom is -0.211 e. The molecule has 18 heavy (non-hydrogen) atoms. The average molecular weight is 237 g/mol. The summed E-state index contributed by atoms with van der Waals surface area (Å²) in [7, 11) is 0. The van der Waals surface area contributed by atoms with Gasteiger partial charge >= 0.3 is 0 Å². The van der Waals surface area contributed by atoms with Gasteiger partial charge in [-0.15, -0.1) is 0 Å². The largest absolute Gasteiger partial charge is 0.211 e. The summed E-state index contributed by atoms with van der Waals surface area (Å²) in [5.74, 6) is 1.18. The Morgan fingerprint density at radius 3 is 2.44 bits per heavy atom. The van der Waals surface area contributed by atoms with E-state index in [0.29, 0.717) is 22.5 Å². The zero-order chi connectivity index (χ0) is 12.7. The van der Waals surface area contributed by atoms with Crippen LogP contribution in [0.2, 0.25) is 0 Å². The second-order valence-corrected chi connectivity index (χ2v) is 4.61. The van der Waals surface area contributed by atoms with Crippen LogP contribution in [0.25, 0.3) is 12.2 Å². The van der Waals surface area contributed by atoms with E-state index < -0.39 is 0 Å². The first-order chi connectivity index (χ1) is 8.76. The van der Waals surface area contributed by atoms with Crippen molar-refractivity contribution in [2.24, 2.45) is 0 Å².